The van der Waals surface area contributed by atoms with Gasteiger partial charge in [0.05, 0.1) is 0 Å². The quantitative estimate of drug-likeness (QED) is 0.797. The summed E-state index contributed by atoms with van der Waals surface area (Å²) in [6.07, 6.45) is 0. The van der Waals surface area contributed by atoms with Gasteiger partial charge in [-0.05, 0) is 37.6 Å². The van der Waals surface area contributed by atoms with Gasteiger partial charge >= 0.3 is 0 Å². The number of halogens is 1. The fourth-order valence-corrected chi connectivity index (χ4v) is 1.65. The van der Waals surface area contributed by atoms with Crippen LogP contribution in [0.25, 0.3) is 0 Å². The van der Waals surface area contributed by atoms with Crippen LogP contribution < -0.4 is 5.32 Å². The van der Waals surface area contributed by atoms with Crippen molar-refractivity contribution in [2.45, 2.75) is 13.8 Å². The molecule has 0 aliphatic rings. The molecular weight excluding hydrogens is 202 g/mol. The Kier molecular flexibility index (Phi) is 2.94. The molecule has 0 aromatic heterocycles. The molecule has 0 unspecified atom stereocenters. The van der Waals surface area contributed by atoms with E-state index in [1.165, 1.54) is 11.3 Å². The van der Waals surface area contributed by atoms with Crippen LogP contribution >= 0.6 is 15.9 Å². The lowest BCUT2D eigenvalue weighted by molar-refractivity contribution is 1.21. The molecule has 0 amide bonds. The number of rotatable bonds is 2. The maximum absolute atomic E-state index is 3.44. The molecule has 11 heavy (non-hydrogen) atoms. The van der Waals surface area contributed by atoms with Gasteiger partial charge in [-0.1, -0.05) is 15.9 Å². The zero-order valence-corrected chi connectivity index (χ0v) is 8.40. The number of anilines is 1. The highest BCUT2D eigenvalue weighted by Gasteiger charge is 1.93. The van der Waals surface area contributed by atoms with E-state index in [1.807, 2.05) is 0 Å². The van der Waals surface area contributed by atoms with Gasteiger partial charge in [0.15, 0.2) is 0 Å². The average Bonchev–Trinajstić information content (AvgIpc) is 1.85. The van der Waals surface area contributed by atoms with Crippen molar-refractivity contribution in [1.29, 1.82) is 0 Å². The van der Waals surface area contributed by atoms with Gasteiger partial charge in [-0.2, -0.15) is 0 Å². The Hall–Kier alpha value is -0.500. The van der Waals surface area contributed by atoms with E-state index >= 15 is 0 Å². The molecule has 0 saturated heterocycles. The van der Waals surface area contributed by atoms with Gasteiger partial charge in [-0.3, -0.25) is 0 Å². The molecule has 0 saturated carbocycles. The van der Waals surface area contributed by atoms with Crippen molar-refractivity contribution in [3.63, 3.8) is 0 Å². The lowest BCUT2D eigenvalue weighted by atomic mass is 10.2. The average molecular weight is 214 g/mol. The van der Waals surface area contributed by atoms with Crippen LogP contribution in [-0.4, -0.2) is 6.54 Å². The Morgan fingerprint density at radius 2 is 2.09 bits per heavy atom. The van der Waals surface area contributed by atoms with Gasteiger partial charge < -0.3 is 5.32 Å². The molecule has 0 heterocycles. The van der Waals surface area contributed by atoms with Crippen molar-refractivity contribution in [2.75, 3.05) is 11.9 Å². The number of nitrogens with one attached hydrogen (secondary N) is 1. The maximum Gasteiger partial charge on any atom is 0.0354 e. The molecule has 0 aliphatic heterocycles. The smallest absolute Gasteiger partial charge is 0.0354 e. The molecule has 1 aromatic rings. The predicted octanol–water partition coefficient (Wildman–Crippen LogP) is 3.19. The Balaban J connectivity index is 2.89. The molecule has 1 aromatic carbocycles. The van der Waals surface area contributed by atoms with Crippen LogP contribution in [-0.2, 0) is 0 Å². The molecule has 1 nitrogen and oxygen atoms in total. The van der Waals surface area contributed by atoms with E-state index < -0.39 is 0 Å². The van der Waals surface area contributed by atoms with Gasteiger partial charge in [0.25, 0.3) is 0 Å². The number of hydrogen-bond donors (Lipinski definition) is 1. The van der Waals surface area contributed by atoms with Gasteiger partial charge in [-0.15, -0.1) is 0 Å². The minimum absolute atomic E-state index is 0.968. The van der Waals surface area contributed by atoms with E-state index in [-0.39, 0.29) is 0 Å². The number of hydrogen-bond acceptors (Lipinski definition) is 1. The Morgan fingerprint density at radius 1 is 1.36 bits per heavy atom. The lowest BCUT2D eigenvalue weighted by Gasteiger charge is -2.04. The highest BCUT2D eigenvalue weighted by Crippen LogP contribution is 2.18. The highest BCUT2D eigenvalue weighted by molar-refractivity contribution is 9.10. The van der Waals surface area contributed by atoms with Crippen LogP contribution in [0.3, 0.4) is 0 Å². The fraction of sp³-hybridized carbons (Fsp3) is 0.333. The number of benzene rings is 1. The Morgan fingerprint density at radius 3 is 2.64 bits per heavy atom. The number of aryl methyl sites for hydroxylation is 1. The summed E-state index contributed by atoms with van der Waals surface area (Å²) in [5.74, 6) is 0. The van der Waals surface area contributed by atoms with E-state index in [1.54, 1.807) is 0 Å². The molecule has 1 rings (SSSR count). The molecule has 0 spiro atoms. The molecule has 0 radical (unpaired) electrons. The molecule has 0 bridgehead atoms. The van der Waals surface area contributed by atoms with Gasteiger partial charge in [0, 0.05) is 16.7 Å². The zero-order valence-electron chi connectivity index (χ0n) is 6.82. The summed E-state index contributed by atoms with van der Waals surface area (Å²) < 4.78 is 1.13. The van der Waals surface area contributed by atoms with Crippen LogP contribution in [0.5, 0.6) is 0 Å². The largest absolute Gasteiger partial charge is 0.385 e. The zero-order chi connectivity index (χ0) is 8.27. The summed E-state index contributed by atoms with van der Waals surface area (Å²) >= 11 is 3.44. The lowest BCUT2D eigenvalue weighted by Crippen LogP contribution is -1.96. The first-order valence-corrected chi connectivity index (χ1v) is 4.52. The third-order valence-electron chi connectivity index (χ3n) is 1.42. The third-order valence-corrected chi connectivity index (χ3v) is 1.88. The summed E-state index contributed by atoms with van der Waals surface area (Å²) in [7, 11) is 0. The second kappa shape index (κ2) is 3.77. The van der Waals surface area contributed by atoms with Crippen LogP contribution in [0, 0.1) is 6.92 Å². The van der Waals surface area contributed by atoms with Crippen molar-refractivity contribution < 1.29 is 0 Å². The third kappa shape index (κ3) is 2.54. The van der Waals surface area contributed by atoms with E-state index in [9.17, 15) is 0 Å². The van der Waals surface area contributed by atoms with Crippen LogP contribution in [0.2, 0.25) is 0 Å². The monoisotopic (exact) mass is 213 g/mol. The first-order chi connectivity index (χ1) is 5.22. The van der Waals surface area contributed by atoms with Crippen LogP contribution in [0.4, 0.5) is 5.69 Å². The minimum Gasteiger partial charge on any atom is -0.385 e. The first kappa shape index (κ1) is 8.60. The molecule has 1 N–H and O–H groups in total. The SMILES string of the molecule is CCNc1cc(C)cc(Br)c1. The summed E-state index contributed by atoms with van der Waals surface area (Å²) in [6.45, 7) is 5.15. The second-order valence-electron chi connectivity index (χ2n) is 2.55. The molecule has 2 heteroatoms. The first-order valence-electron chi connectivity index (χ1n) is 3.73. The minimum atomic E-state index is 0.968. The summed E-state index contributed by atoms with van der Waals surface area (Å²) in [5, 5.41) is 3.26. The summed E-state index contributed by atoms with van der Waals surface area (Å²) in [4.78, 5) is 0. The van der Waals surface area contributed by atoms with Crippen molar-refractivity contribution in [3.8, 4) is 0 Å². The van der Waals surface area contributed by atoms with Crippen molar-refractivity contribution in [1.82, 2.24) is 0 Å². The summed E-state index contributed by atoms with van der Waals surface area (Å²) in [5.41, 5.74) is 2.45. The van der Waals surface area contributed by atoms with E-state index in [4.69, 9.17) is 0 Å². The van der Waals surface area contributed by atoms with Gasteiger partial charge in [0.2, 0.25) is 0 Å². The van der Waals surface area contributed by atoms with Gasteiger partial charge in [-0.25, -0.2) is 0 Å². The Bertz CT molecular complexity index is 225. The Labute approximate surface area is 75.9 Å². The van der Waals surface area contributed by atoms with E-state index in [0.29, 0.717) is 0 Å². The second-order valence-corrected chi connectivity index (χ2v) is 3.46. The van der Waals surface area contributed by atoms with E-state index in [2.05, 4.69) is 53.3 Å². The van der Waals surface area contributed by atoms with Crippen molar-refractivity contribution >= 4 is 21.6 Å². The highest BCUT2D eigenvalue weighted by atomic mass is 79.9. The van der Waals surface area contributed by atoms with E-state index in [0.717, 1.165) is 11.0 Å². The fourth-order valence-electron chi connectivity index (χ4n) is 1.04. The molecular formula is C9H12BrN. The topological polar surface area (TPSA) is 12.0 Å². The molecule has 60 valence electrons. The summed E-state index contributed by atoms with van der Waals surface area (Å²) in [6, 6.07) is 6.31. The standard InChI is InChI=1S/C9H12BrN/c1-3-11-9-5-7(2)4-8(10)6-9/h4-6,11H,3H2,1-2H3. The normalized spacial score (nSPS) is 9.73. The molecule has 0 atom stereocenters. The van der Waals surface area contributed by atoms with Crippen LogP contribution in [0.1, 0.15) is 12.5 Å². The van der Waals surface area contributed by atoms with Crippen molar-refractivity contribution in [3.05, 3.63) is 28.2 Å². The van der Waals surface area contributed by atoms with Crippen LogP contribution in [0.15, 0.2) is 22.7 Å². The van der Waals surface area contributed by atoms with Gasteiger partial charge in [0.1, 0.15) is 0 Å². The molecule has 0 fully saturated rings. The van der Waals surface area contributed by atoms with Crippen molar-refractivity contribution in [2.24, 2.45) is 0 Å². The predicted molar refractivity (Wildman–Crippen MR) is 53.0 cm³/mol. The maximum atomic E-state index is 3.44. The molecule has 0 aliphatic carbocycles.